The molecule has 0 N–H and O–H groups in total. The molecule has 2 aromatic carbocycles. The van der Waals surface area contributed by atoms with Crippen LogP contribution in [0.3, 0.4) is 0 Å². The molecule has 0 atom stereocenters. The maximum Gasteiger partial charge on any atom is 0.239 e. The summed E-state index contributed by atoms with van der Waals surface area (Å²) in [6.07, 6.45) is 1.74. The highest BCUT2D eigenvalue weighted by Crippen LogP contribution is 2.32. The summed E-state index contributed by atoms with van der Waals surface area (Å²) in [4.78, 5) is 25.2. The fraction of sp³-hybridized carbons (Fsp3) is 0.174. The van der Waals surface area contributed by atoms with Crippen molar-refractivity contribution in [3.8, 4) is 5.75 Å². The lowest BCUT2D eigenvalue weighted by Crippen LogP contribution is -2.32. The van der Waals surface area contributed by atoms with E-state index >= 15 is 0 Å². The van der Waals surface area contributed by atoms with Gasteiger partial charge in [0.1, 0.15) is 5.75 Å². The number of amides is 1. The van der Waals surface area contributed by atoms with E-state index in [1.807, 2.05) is 67.6 Å². The Balaban J connectivity index is 1.58. The molecular weight excluding hydrogens is 414 g/mol. The molecule has 4 rings (SSSR count). The van der Waals surface area contributed by atoms with Crippen LogP contribution in [0.1, 0.15) is 11.3 Å². The third kappa shape index (κ3) is 4.63. The second-order valence-electron chi connectivity index (χ2n) is 6.68. The molecule has 30 heavy (non-hydrogen) atoms. The molecule has 0 bridgehead atoms. The number of aryl methyl sites for hydroxylation is 1. The van der Waals surface area contributed by atoms with Gasteiger partial charge in [0.15, 0.2) is 5.13 Å². The van der Waals surface area contributed by atoms with Gasteiger partial charge in [-0.1, -0.05) is 29.5 Å². The number of rotatable bonds is 7. The fourth-order valence-corrected chi connectivity index (χ4v) is 4.84. The largest absolute Gasteiger partial charge is 0.497 e. The zero-order valence-electron chi connectivity index (χ0n) is 16.7. The molecule has 0 saturated heterocycles. The summed E-state index contributed by atoms with van der Waals surface area (Å²) in [7, 11) is 1.64. The number of benzene rings is 2. The average Bonchev–Trinajstić information content (AvgIpc) is 3.22. The average molecular weight is 436 g/mol. The Labute approximate surface area is 183 Å². The van der Waals surface area contributed by atoms with Crippen LogP contribution in [-0.4, -0.2) is 28.7 Å². The Morgan fingerprint density at radius 3 is 2.63 bits per heavy atom. The van der Waals surface area contributed by atoms with E-state index in [0.717, 1.165) is 32.1 Å². The molecule has 0 radical (unpaired) electrons. The summed E-state index contributed by atoms with van der Waals surface area (Å²) in [5.74, 6) is 1.11. The third-order valence-corrected chi connectivity index (χ3v) is 6.65. The number of carbonyl (C=O) groups excluding carboxylic acids is 1. The van der Waals surface area contributed by atoms with Gasteiger partial charge in [-0.3, -0.25) is 14.7 Å². The lowest BCUT2D eigenvalue weighted by atomic mass is 10.2. The van der Waals surface area contributed by atoms with Gasteiger partial charge in [0.05, 0.1) is 35.3 Å². The van der Waals surface area contributed by atoms with Crippen LogP contribution in [0.2, 0.25) is 0 Å². The second-order valence-corrected chi connectivity index (χ2v) is 8.74. The molecule has 0 spiro atoms. The Morgan fingerprint density at radius 2 is 1.93 bits per heavy atom. The number of ether oxygens (including phenoxy) is 1. The zero-order chi connectivity index (χ0) is 20.9. The number of aromatic nitrogens is 2. The number of para-hydroxylation sites is 1. The topological polar surface area (TPSA) is 55.3 Å². The van der Waals surface area contributed by atoms with Crippen LogP contribution in [0.25, 0.3) is 10.2 Å². The molecule has 0 aliphatic rings. The number of hydrogen-bond donors (Lipinski definition) is 0. The quantitative estimate of drug-likeness (QED) is 0.367. The molecule has 0 aliphatic carbocycles. The minimum atomic E-state index is -0.00168. The second kappa shape index (κ2) is 9.28. The first-order valence-electron chi connectivity index (χ1n) is 9.47. The molecule has 0 aliphatic heterocycles. The van der Waals surface area contributed by atoms with Crippen molar-refractivity contribution in [3.63, 3.8) is 0 Å². The number of pyridine rings is 1. The van der Waals surface area contributed by atoms with Crippen molar-refractivity contribution in [3.05, 3.63) is 78.1 Å². The predicted octanol–water partition coefficient (Wildman–Crippen LogP) is 5.33. The van der Waals surface area contributed by atoms with Gasteiger partial charge >= 0.3 is 0 Å². The number of methoxy groups -OCH3 is 1. The summed E-state index contributed by atoms with van der Waals surface area (Å²) >= 11 is 3.04. The zero-order valence-corrected chi connectivity index (χ0v) is 18.4. The summed E-state index contributed by atoms with van der Waals surface area (Å²) in [5, 5.41) is 0.699. The van der Waals surface area contributed by atoms with E-state index in [4.69, 9.17) is 9.72 Å². The first-order chi connectivity index (χ1) is 14.6. The fourth-order valence-electron chi connectivity index (χ4n) is 3.00. The maximum absolute atomic E-state index is 13.2. The Hall–Kier alpha value is -2.90. The Bertz CT molecular complexity index is 1140. The lowest BCUT2D eigenvalue weighted by Gasteiger charge is -2.19. The minimum absolute atomic E-state index is 0.00168. The molecule has 2 heterocycles. The monoisotopic (exact) mass is 435 g/mol. The summed E-state index contributed by atoms with van der Waals surface area (Å²) in [5.41, 5.74) is 2.88. The maximum atomic E-state index is 13.2. The molecule has 0 fully saturated rings. The number of nitrogens with zero attached hydrogens (tertiary/aromatic N) is 3. The van der Waals surface area contributed by atoms with Gasteiger partial charge in [0, 0.05) is 11.1 Å². The summed E-state index contributed by atoms with van der Waals surface area (Å²) < 4.78 is 6.27. The van der Waals surface area contributed by atoms with E-state index in [9.17, 15) is 4.79 Å². The number of thiazole rings is 1. The van der Waals surface area contributed by atoms with E-state index < -0.39 is 0 Å². The lowest BCUT2D eigenvalue weighted by molar-refractivity contribution is -0.116. The van der Waals surface area contributed by atoms with Crippen molar-refractivity contribution >= 4 is 44.4 Å². The van der Waals surface area contributed by atoms with E-state index in [0.29, 0.717) is 17.4 Å². The van der Waals surface area contributed by atoms with Gasteiger partial charge in [-0.2, -0.15) is 0 Å². The minimum Gasteiger partial charge on any atom is -0.497 e. The van der Waals surface area contributed by atoms with E-state index in [-0.39, 0.29) is 5.91 Å². The number of anilines is 1. The van der Waals surface area contributed by atoms with Gasteiger partial charge < -0.3 is 4.74 Å². The highest BCUT2D eigenvalue weighted by Gasteiger charge is 2.21. The highest BCUT2D eigenvalue weighted by molar-refractivity contribution is 8.00. The Kier molecular flexibility index (Phi) is 6.30. The van der Waals surface area contributed by atoms with Crippen LogP contribution >= 0.6 is 23.1 Å². The smallest absolute Gasteiger partial charge is 0.239 e. The van der Waals surface area contributed by atoms with E-state index in [2.05, 4.69) is 4.98 Å². The van der Waals surface area contributed by atoms with Crippen molar-refractivity contribution < 1.29 is 9.53 Å². The third-order valence-electron chi connectivity index (χ3n) is 4.61. The molecule has 4 aromatic rings. The normalized spacial score (nSPS) is 10.9. The SMILES string of the molecule is COc1ccc(SCC(=O)N(Cc2ccccn2)c2nc3c(C)cccc3s2)cc1. The van der Waals surface area contributed by atoms with Crippen molar-refractivity contribution in [2.45, 2.75) is 18.4 Å². The molecule has 2 aromatic heterocycles. The van der Waals surface area contributed by atoms with Crippen LogP contribution in [0.5, 0.6) is 5.75 Å². The first-order valence-corrected chi connectivity index (χ1v) is 11.3. The van der Waals surface area contributed by atoms with Gasteiger partial charge in [-0.25, -0.2) is 4.98 Å². The van der Waals surface area contributed by atoms with E-state index in [1.54, 1.807) is 18.2 Å². The highest BCUT2D eigenvalue weighted by atomic mass is 32.2. The van der Waals surface area contributed by atoms with Gasteiger partial charge in [0.2, 0.25) is 5.91 Å². The molecule has 152 valence electrons. The van der Waals surface area contributed by atoms with Crippen LogP contribution in [0, 0.1) is 6.92 Å². The molecule has 1 amide bonds. The number of hydrogen-bond acceptors (Lipinski definition) is 6. The number of carbonyl (C=O) groups is 1. The van der Waals surface area contributed by atoms with Gasteiger partial charge in [-0.05, 0) is 55.0 Å². The van der Waals surface area contributed by atoms with Crippen molar-refractivity contribution in [2.24, 2.45) is 0 Å². The van der Waals surface area contributed by atoms with Crippen LogP contribution in [0.15, 0.2) is 71.8 Å². The number of thioether (sulfide) groups is 1. The molecule has 5 nitrogen and oxygen atoms in total. The van der Waals surface area contributed by atoms with Crippen molar-refractivity contribution in [1.82, 2.24) is 9.97 Å². The molecular formula is C23H21N3O2S2. The summed E-state index contributed by atoms with van der Waals surface area (Å²) in [6.45, 7) is 2.43. The van der Waals surface area contributed by atoms with E-state index in [1.165, 1.54) is 23.1 Å². The number of fused-ring (bicyclic) bond motifs is 1. The Morgan fingerprint density at radius 1 is 1.10 bits per heavy atom. The first kappa shape index (κ1) is 20.4. The molecule has 0 saturated carbocycles. The van der Waals surface area contributed by atoms with Gasteiger partial charge in [-0.15, -0.1) is 11.8 Å². The van der Waals surface area contributed by atoms with Crippen molar-refractivity contribution in [2.75, 3.05) is 17.8 Å². The predicted molar refractivity (Wildman–Crippen MR) is 124 cm³/mol. The van der Waals surface area contributed by atoms with Crippen LogP contribution < -0.4 is 9.64 Å². The summed E-state index contributed by atoms with van der Waals surface area (Å²) in [6, 6.07) is 19.5. The molecule has 0 unspecified atom stereocenters. The standard InChI is InChI=1S/C23H21N3O2S2/c1-16-6-5-8-20-22(16)25-23(30-20)26(14-17-7-3-4-13-24-17)21(27)15-29-19-11-9-18(28-2)10-12-19/h3-13H,14-15H2,1-2H3. The molecule has 7 heteroatoms. The van der Waals surface area contributed by atoms with Crippen LogP contribution in [-0.2, 0) is 11.3 Å². The van der Waals surface area contributed by atoms with Crippen molar-refractivity contribution in [1.29, 1.82) is 0 Å². The van der Waals surface area contributed by atoms with Crippen LogP contribution in [0.4, 0.5) is 5.13 Å². The van der Waals surface area contributed by atoms with Gasteiger partial charge in [0.25, 0.3) is 0 Å².